The van der Waals surface area contributed by atoms with E-state index in [-0.39, 0.29) is 11.3 Å². The number of nitrogens with one attached hydrogen (secondary N) is 1. The van der Waals surface area contributed by atoms with E-state index in [9.17, 15) is 9.59 Å². The molecule has 0 fully saturated rings. The molecule has 0 atom stereocenters. The average Bonchev–Trinajstić information content (AvgIpc) is 2.94. The van der Waals surface area contributed by atoms with Gasteiger partial charge in [0.25, 0.3) is 5.56 Å². The zero-order valence-electron chi connectivity index (χ0n) is 10.7. The summed E-state index contributed by atoms with van der Waals surface area (Å²) in [6.07, 6.45) is 0. The number of carboxylic acids is 1. The summed E-state index contributed by atoms with van der Waals surface area (Å²) in [6, 6.07) is 10.1. The second kappa shape index (κ2) is 5.45. The molecule has 2 heterocycles. The molecule has 0 amide bonds. The fraction of sp³-hybridized carbons (Fsp3) is 0.0714. The number of aromatic nitrogens is 2. The number of para-hydroxylation sites is 1. The van der Waals surface area contributed by atoms with E-state index in [4.69, 9.17) is 9.52 Å². The minimum Gasteiger partial charge on any atom is -0.475 e. The molecular weight excluding hydrogens is 292 g/mol. The lowest BCUT2D eigenvalue weighted by Gasteiger charge is -2.01. The van der Waals surface area contributed by atoms with E-state index < -0.39 is 5.97 Å². The van der Waals surface area contributed by atoms with E-state index >= 15 is 0 Å². The first-order chi connectivity index (χ1) is 10.1. The van der Waals surface area contributed by atoms with E-state index in [1.807, 2.05) is 6.07 Å². The second-order valence-electron chi connectivity index (χ2n) is 4.25. The zero-order chi connectivity index (χ0) is 14.8. The van der Waals surface area contributed by atoms with Crippen molar-refractivity contribution in [3.05, 3.63) is 58.3 Å². The van der Waals surface area contributed by atoms with Crippen LogP contribution in [-0.4, -0.2) is 21.0 Å². The third-order valence-corrected chi connectivity index (χ3v) is 3.71. The van der Waals surface area contributed by atoms with Gasteiger partial charge in [-0.1, -0.05) is 23.9 Å². The number of hydrogen-bond acceptors (Lipinski definition) is 5. The second-order valence-corrected chi connectivity index (χ2v) is 5.21. The predicted octanol–water partition coefficient (Wildman–Crippen LogP) is 2.51. The highest BCUT2D eigenvalue weighted by Crippen LogP contribution is 2.21. The predicted molar refractivity (Wildman–Crippen MR) is 77.6 cm³/mol. The van der Waals surface area contributed by atoms with E-state index in [0.717, 1.165) is 0 Å². The van der Waals surface area contributed by atoms with Crippen LogP contribution < -0.4 is 5.56 Å². The molecule has 0 saturated carbocycles. The number of furan rings is 1. The van der Waals surface area contributed by atoms with E-state index in [1.165, 1.54) is 17.8 Å². The topological polar surface area (TPSA) is 96.2 Å². The maximum absolute atomic E-state index is 11.9. The number of thioether (sulfide) groups is 1. The van der Waals surface area contributed by atoms with Crippen LogP contribution in [0.1, 0.15) is 16.3 Å². The highest BCUT2D eigenvalue weighted by Gasteiger charge is 2.10. The molecule has 21 heavy (non-hydrogen) atoms. The van der Waals surface area contributed by atoms with Crippen LogP contribution in [0.5, 0.6) is 0 Å². The summed E-state index contributed by atoms with van der Waals surface area (Å²) in [5.74, 6) is -0.323. The van der Waals surface area contributed by atoms with Gasteiger partial charge in [-0.3, -0.25) is 4.79 Å². The fourth-order valence-electron chi connectivity index (χ4n) is 1.84. The number of H-pyrrole nitrogens is 1. The number of fused-ring (bicyclic) bond motifs is 1. The van der Waals surface area contributed by atoms with Crippen molar-refractivity contribution in [3.63, 3.8) is 0 Å². The van der Waals surface area contributed by atoms with Crippen molar-refractivity contribution in [2.45, 2.75) is 10.9 Å². The molecule has 2 N–H and O–H groups in total. The molecule has 0 bridgehead atoms. The van der Waals surface area contributed by atoms with Crippen LogP contribution in [0.4, 0.5) is 0 Å². The van der Waals surface area contributed by atoms with Gasteiger partial charge in [0.05, 0.1) is 16.7 Å². The summed E-state index contributed by atoms with van der Waals surface area (Å²) in [5.41, 5.74) is 0.420. The monoisotopic (exact) mass is 302 g/mol. The Morgan fingerprint density at radius 3 is 2.86 bits per heavy atom. The van der Waals surface area contributed by atoms with Gasteiger partial charge < -0.3 is 14.5 Å². The van der Waals surface area contributed by atoms with Crippen LogP contribution in [0.15, 0.2) is 50.8 Å². The molecule has 0 aliphatic heterocycles. The maximum atomic E-state index is 11.9. The molecule has 2 aromatic heterocycles. The number of aromatic carboxylic acids is 1. The van der Waals surface area contributed by atoms with Gasteiger partial charge in [-0.25, -0.2) is 9.78 Å². The van der Waals surface area contributed by atoms with Crippen LogP contribution in [0, 0.1) is 0 Å². The van der Waals surface area contributed by atoms with Gasteiger partial charge in [-0.05, 0) is 24.3 Å². The van der Waals surface area contributed by atoms with Gasteiger partial charge in [0.1, 0.15) is 5.76 Å². The molecule has 0 saturated heterocycles. The van der Waals surface area contributed by atoms with Crippen molar-refractivity contribution < 1.29 is 14.3 Å². The number of carbonyl (C=O) groups is 1. The Hall–Kier alpha value is -2.54. The third kappa shape index (κ3) is 2.82. The van der Waals surface area contributed by atoms with Gasteiger partial charge >= 0.3 is 5.97 Å². The number of aromatic amines is 1. The molecule has 6 nitrogen and oxygen atoms in total. The van der Waals surface area contributed by atoms with Crippen LogP contribution in [0.25, 0.3) is 10.9 Å². The lowest BCUT2D eigenvalue weighted by atomic mass is 10.2. The number of nitrogens with zero attached hydrogens (tertiary/aromatic N) is 1. The van der Waals surface area contributed by atoms with Crippen molar-refractivity contribution in [2.24, 2.45) is 0 Å². The first kappa shape index (κ1) is 13.4. The number of rotatable bonds is 4. The molecule has 0 aliphatic rings. The van der Waals surface area contributed by atoms with Crippen LogP contribution >= 0.6 is 11.8 Å². The zero-order valence-corrected chi connectivity index (χ0v) is 11.5. The summed E-state index contributed by atoms with van der Waals surface area (Å²) in [7, 11) is 0. The summed E-state index contributed by atoms with van der Waals surface area (Å²) in [4.78, 5) is 29.6. The van der Waals surface area contributed by atoms with Crippen molar-refractivity contribution in [3.8, 4) is 0 Å². The summed E-state index contributed by atoms with van der Waals surface area (Å²) >= 11 is 1.27. The summed E-state index contributed by atoms with van der Waals surface area (Å²) < 4.78 is 5.14. The lowest BCUT2D eigenvalue weighted by molar-refractivity contribution is 0.0661. The van der Waals surface area contributed by atoms with Gasteiger partial charge in [-0.15, -0.1) is 0 Å². The van der Waals surface area contributed by atoms with Crippen LogP contribution in [0.2, 0.25) is 0 Å². The quantitative estimate of drug-likeness (QED) is 0.568. The fourth-order valence-corrected chi connectivity index (χ4v) is 2.61. The Morgan fingerprint density at radius 1 is 1.29 bits per heavy atom. The SMILES string of the molecule is O=C(O)c1ccc(CSc2nc3ccccc3c(=O)[nH]2)o1. The van der Waals surface area contributed by atoms with Crippen LogP contribution in [-0.2, 0) is 5.75 Å². The smallest absolute Gasteiger partial charge is 0.371 e. The van der Waals surface area contributed by atoms with Gasteiger partial charge in [0, 0.05) is 0 Å². The highest BCUT2D eigenvalue weighted by atomic mass is 32.2. The van der Waals surface area contributed by atoms with Crippen LogP contribution in [0.3, 0.4) is 0 Å². The Labute approximate surface area is 122 Å². The van der Waals surface area contributed by atoms with E-state index in [2.05, 4.69) is 9.97 Å². The molecular formula is C14H10N2O4S. The van der Waals surface area contributed by atoms with Gasteiger partial charge in [-0.2, -0.15) is 0 Å². The maximum Gasteiger partial charge on any atom is 0.371 e. The first-order valence-corrected chi connectivity index (χ1v) is 7.06. The molecule has 0 radical (unpaired) electrons. The normalized spacial score (nSPS) is 10.9. The summed E-state index contributed by atoms with van der Waals surface area (Å²) in [6.45, 7) is 0. The lowest BCUT2D eigenvalue weighted by Crippen LogP contribution is -2.08. The third-order valence-electron chi connectivity index (χ3n) is 2.81. The minimum absolute atomic E-state index is 0.106. The van der Waals surface area contributed by atoms with Crippen molar-refractivity contribution in [2.75, 3.05) is 0 Å². The number of carboxylic acid groups (broad SMARTS) is 1. The molecule has 0 unspecified atom stereocenters. The molecule has 0 aliphatic carbocycles. The van der Waals surface area contributed by atoms with Crippen molar-refractivity contribution in [1.82, 2.24) is 9.97 Å². The number of benzene rings is 1. The Bertz CT molecular complexity index is 869. The van der Waals surface area contributed by atoms with Crippen molar-refractivity contribution >= 4 is 28.6 Å². The highest BCUT2D eigenvalue weighted by molar-refractivity contribution is 7.98. The Morgan fingerprint density at radius 2 is 2.10 bits per heavy atom. The average molecular weight is 302 g/mol. The molecule has 0 spiro atoms. The standard InChI is InChI=1S/C14H10N2O4S/c17-12-9-3-1-2-4-10(9)15-14(16-12)21-7-8-5-6-11(20-8)13(18)19/h1-6H,7H2,(H,18,19)(H,15,16,17). The molecule has 7 heteroatoms. The minimum atomic E-state index is -1.11. The molecule has 3 aromatic rings. The molecule has 3 rings (SSSR count). The van der Waals surface area contributed by atoms with Gasteiger partial charge in [0.15, 0.2) is 5.16 Å². The van der Waals surface area contributed by atoms with E-state index in [0.29, 0.717) is 27.6 Å². The first-order valence-electron chi connectivity index (χ1n) is 6.07. The molecule has 1 aromatic carbocycles. The Balaban J connectivity index is 1.81. The Kier molecular flexibility index (Phi) is 3.49. The van der Waals surface area contributed by atoms with Gasteiger partial charge in [0.2, 0.25) is 5.76 Å². The largest absolute Gasteiger partial charge is 0.475 e. The molecule has 106 valence electrons. The van der Waals surface area contributed by atoms with Crippen molar-refractivity contribution in [1.29, 1.82) is 0 Å². The number of hydrogen-bond donors (Lipinski definition) is 2. The van der Waals surface area contributed by atoms with E-state index in [1.54, 1.807) is 24.3 Å². The summed E-state index contributed by atoms with van der Waals surface area (Å²) in [5, 5.41) is 9.78.